The summed E-state index contributed by atoms with van der Waals surface area (Å²) in [6.07, 6.45) is 7.57. The van der Waals surface area contributed by atoms with Gasteiger partial charge in [-0.25, -0.2) is 4.63 Å². The SMILES string of the molecule is C[C@]12CCc3nonc3[C@@H]1CC[C@@H]1[C@@H]2CC[C@]2(C)c3c(no[n+]3[O-])C[C@@H]12. The van der Waals surface area contributed by atoms with Gasteiger partial charge in [0.1, 0.15) is 11.4 Å². The van der Waals surface area contributed by atoms with Crippen LogP contribution >= 0.6 is 0 Å². The van der Waals surface area contributed by atoms with Gasteiger partial charge in [0, 0.05) is 22.9 Å². The number of hydrogen-bond donors (Lipinski definition) is 0. The first kappa shape index (κ1) is 15.2. The lowest BCUT2D eigenvalue weighted by Gasteiger charge is -2.58. The summed E-state index contributed by atoms with van der Waals surface area (Å²) in [6, 6.07) is 0. The van der Waals surface area contributed by atoms with Gasteiger partial charge in [-0.3, -0.25) is 4.63 Å². The first-order chi connectivity index (χ1) is 12.5. The molecule has 0 unspecified atom stereocenters. The second-order valence-electron chi connectivity index (χ2n) is 9.49. The molecule has 6 atom stereocenters. The third-order valence-corrected chi connectivity index (χ3v) is 8.71. The molecule has 7 nitrogen and oxygen atoms in total. The van der Waals surface area contributed by atoms with Gasteiger partial charge in [0.15, 0.2) is 0 Å². The Balaban J connectivity index is 1.39. The van der Waals surface area contributed by atoms with E-state index in [4.69, 9.17) is 9.26 Å². The smallest absolute Gasteiger partial charge is 0.222 e. The largest absolute Gasteiger partial charge is 0.359 e. The summed E-state index contributed by atoms with van der Waals surface area (Å²) >= 11 is 0. The molecule has 2 aromatic rings. The minimum atomic E-state index is -0.0866. The molecule has 0 saturated heterocycles. The van der Waals surface area contributed by atoms with Gasteiger partial charge in [-0.15, -0.1) is 0 Å². The zero-order valence-corrected chi connectivity index (χ0v) is 15.3. The van der Waals surface area contributed by atoms with Crippen LogP contribution in [0.25, 0.3) is 0 Å². The fourth-order valence-electron chi connectivity index (χ4n) is 7.45. The zero-order chi connectivity index (χ0) is 17.7. The Labute approximate surface area is 151 Å². The molecule has 0 N–H and O–H groups in total. The van der Waals surface area contributed by atoms with E-state index in [0.29, 0.717) is 28.6 Å². The van der Waals surface area contributed by atoms with E-state index in [1.807, 2.05) is 0 Å². The van der Waals surface area contributed by atoms with Gasteiger partial charge in [-0.2, -0.15) is 0 Å². The van der Waals surface area contributed by atoms with E-state index in [0.717, 1.165) is 61.3 Å². The van der Waals surface area contributed by atoms with Gasteiger partial charge in [-0.1, -0.05) is 24.2 Å². The monoisotopic (exact) mass is 356 g/mol. The molecule has 2 fully saturated rings. The number of nitrogens with zero attached hydrogens (tertiary/aromatic N) is 4. The quantitative estimate of drug-likeness (QED) is 0.674. The van der Waals surface area contributed by atoms with E-state index >= 15 is 0 Å². The Kier molecular flexibility index (Phi) is 2.73. The molecule has 4 aliphatic rings. The van der Waals surface area contributed by atoms with Crippen molar-refractivity contribution in [3.05, 3.63) is 28.0 Å². The minimum absolute atomic E-state index is 0.0866. The lowest BCUT2D eigenvalue weighted by atomic mass is 9.45. The van der Waals surface area contributed by atoms with Gasteiger partial charge in [0.25, 0.3) is 0 Å². The maximum Gasteiger partial charge on any atom is 0.222 e. The molecule has 2 saturated carbocycles. The number of fused-ring (bicyclic) bond motifs is 9. The molecule has 138 valence electrons. The van der Waals surface area contributed by atoms with Crippen LogP contribution in [0.4, 0.5) is 0 Å². The molecule has 7 heteroatoms. The van der Waals surface area contributed by atoms with E-state index < -0.39 is 0 Å². The Morgan fingerprint density at radius 3 is 2.81 bits per heavy atom. The van der Waals surface area contributed by atoms with E-state index in [1.165, 1.54) is 6.42 Å². The molecule has 0 amide bonds. The van der Waals surface area contributed by atoms with Crippen LogP contribution in [0.5, 0.6) is 0 Å². The Morgan fingerprint density at radius 1 is 1.04 bits per heavy atom. The van der Waals surface area contributed by atoms with Crippen molar-refractivity contribution in [2.75, 3.05) is 0 Å². The summed E-state index contributed by atoms with van der Waals surface area (Å²) in [6.45, 7) is 4.73. The molecule has 0 aromatic carbocycles. The van der Waals surface area contributed by atoms with Crippen molar-refractivity contribution in [3.63, 3.8) is 0 Å². The lowest BCUT2D eigenvalue weighted by molar-refractivity contribution is -0.810. The highest BCUT2D eigenvalue weighted by atomic mass is 16.8. The van der Waals surface area contributed by atoms with Crippen LogP contribution in [0, 0.1) is 28.4 Å². The van der Waals surface area contributed by atoms with Crippen LogP contribution in [-0.4, -0.2) is 15.5 Å². The first-order valence-electron chi connectivity index (χ1n) is 9.93. The highest BCUT2D eigenvalue weighted by Gasteiger charge is 2.63. The van der Waals surface area contributed by atoms with Gasteiger partial charge < -0.3 is 5.21 Å². The predicted octanol–water partition coefficient (Wildman–Crippen LogP) is 2.68. The van der Waals surface area contributed by atoms with Gasteiger partial charge in [0.05, 0.1) is 0 Å². The second kappa shape index (κ2) is 4.67. The summed E-state index contributed by atoms with van der Waals surface area (Å²) in [7, 11) is 0. The Bertz CT molecular complexity index is 891. The van der Waals surface area contributed by atoms with E-state index in [9.17, 15) is 5.21 Å². The van der Waals surface area contributed by atoms with Crippen molar-refractivity contribution >= 4 is 0 Å². The Morgan fingerprint density at radius 2 is 1.92 bits per heavy atom. The predicted molar refractivity (Wildman–Crippen MR) is 88.9 cm³/mol. The standard InChI is InChI=1S/C19H24N4O3/c1-18-8-6-14-16(22-25-20-14)12(18)4-3-10-11(18)5-7-19(2)13(10)9-15-17(19)23(24)26-21-15/h10-13H,3-9H2,1-2H3/t10-,11+,12+,13+,18-,19+/m1/s1. The highest BCUT2D eigenvalue weighted by Crippen LogP contribution is 2.66. The molecule has 6 rings (SSSR count). The molecule has 0 radical (unpaired) electrons. The molecule has 0 aliphatic heterocycles. The molecule has 0 bridgehead atoms. The minimum Gasteiger partial charge on any atom is -0.359 e. The maximum atomic E-state index is 12.2. The van der Waals surface area contributed by atoms with Crippen molar-refractivity contribution < 1.29 is 14.2 Å². The van der Waals surface area contributed by atoms with Crippen molar-refractivity contribution in [1.29, 1.82) is 0 Å². The molecule has 2 aromatic heterocycles. The summed E-state index contributed by atoms with van der Waals surface area (Å²) in [5.74, 6) is 2.29. The van der Waals surface area contributed by atoms with Gasteiger partial charge >= 0.3 is 0 Å². The molecule has 2 heterocycles. The number of aromatic nitrogens is 4. The van der Waals surface area contributed by atoms with Crippen LogP contribution in [-0.2, 0) is 18.3 Å². The molecule has 26 heavy (non-hydrogen) atoms. The van der Waals surface area contributed by atoms with Crippen LogP contribution in [0.15, 0.2) is 9.26 Å². The third-order valence-electron chi connectivity index (χ3n) is 8.71. The third kappa shape index (κ3) is 1.61. The highest BCUT2D eigenvalue weighted by molar-refractivity contribution is 5.31. The Hall–Kier alpha value is -1.92. The number of aryl methyl sites for hydroxylation is 1. The summed E-state index contributed by atoms with van der Waals surface area (Å²) in [4.78, 5) is 0.678. The van der Waals surface area contributed by atoms with Gasteiger partial charge in [-0.05, 0) is 66.6 Å². The molecule has 0 spiro atoms. The zero-order valence-electron chi connectivity index (χ0n) is 15.3. The maximum absolute atomic E-state index is 12.2. The van der Waals surface area contributed by atoms with Crippen LogP contribution in [0.3, 0.4) is 0 Å². The van der Waals surface area contributed by atoms with Crippen molar-refractivity contribution in [1.82, 2.24) is 15.5 Å². The number of rotatable bonds is 0. The lowest BCUT2D eigenvalue weighted by Crippen LogP contribution is -2.54. The van der Waals surface area contributed by atoms with Crippen LogP contribution in [0.2, 0.25) is 0 Å². The normalized spacial score (nSPS) is 43.2. The second-order valence-corrected chi connectivity index (χ2v) is 9.49. The van der Waals surface area contributed by atoms with Crippen LogP contribution in [0.1, 0.15) is 74.6 Å². The fourth-order valence-corrected chi connectivity index (χ4v) is 7.45. The summed E-state index contributed by atoms with van der Waals surface area (Å²) in [5, 5.41) is 24.7. The average Bonchev–Trinajstić information content (AvgIpc) is 3.30. The van der Waals surface area contributed by atoms with E-state index in [2.05, 4.69) is 29.3 Å². The average molecular weight is 356 g/mol. The van der Waals surface area contributed by atoms with E-state index in [1.54, 1.807) is 0 Å². The molecular formula is C19H24N4O3. The summed E-state index contributed by atoms with van der Waals surface area (Å²) in [5.41, 5.74) is 4.06. The first-order valence-corrected chi connectivity index (χ1v) is 9.93. The van der Waals surface area contributed by atoms with Crippen molar-refractivity contribution in [2.24, 2.45) is 23.2 Å². The van der Waals surface area contributed by atoms with Gasteiger partial charge in [0.2, 0.25) is 11.4 Å². The van der Waals surface area contributed by atoms with E-state index in [-0.39, 0.29) is 10.8 Å². The molecule has 4 aliphatic carbocycles. The number of hydrogen-bond acceptors (Lipinski definition) is 6. The van der Waals surface area contributed by atoms with Crippen molar-refractivity contribution in [3.8, 4) is 0 Å². The fraction of sp³-hybridized carbons (Fsp3) is 0.789. The topological polar surface area (TPSA) is 91.9 Å². The molecular weight excluding hydrogens is 332 g/mol. The van der Waals surface area contributed by atoms with Crippen LogP contribution < -0.4 is 4.90 Å². The summed E-state index contributed by atoms with van der Waals surface area (Å²) < 4.78 is 9.98. The van der Waals surface area contributed by atoms with Crippen molar-refractivity contribution in [2.45, 2.75) is 70.1 Å².